The molecule has 1 saturated heterocycles. The number of ether oxygens (including phenoxy) is 1. The zero-order valence-corrected chi connectivity index (χ0v) is 11.3. The Hall–Kier alpha value is -1.72. The summed E-state index contributed by atoms with van der Waals surface area (Å²) in [6.07, 6.45) is 3.95. The maximum absolute atomic E-state index is 13.5. The summed E-state index contributed by atoms with van der Waals surface area (Å²) in [5.74, 6) is -0.522. The summed E-state index contributed by atoms with van der Waals surface area (Å²) in [5.41, 5.74) is 1.58. The van der Waals surface area contributed by atoms with Gasteiger partial charge >= 0.3 is 0 Å². The van der Waals surface area contributed by atoms with Gasteiger partial charge in [-0.3, -0.25) is 4.79 Å². The molecule has 1 aliphatic rings. The van der Waals surface area contributed by atoms with Gasteiger partial charge in [0, 0.05) is 18.9 Å². The topological polar surface area (TPSA) is 44.1 Å². The van der Waals surface area contributed by atoms with Gasteiger partial charge in [0.1, 0.15) is 17.6 Å². The first-order chi connectivity index (χ1) is 9.69. The van der Waals surface area contributed by atoms with Crippen molar-refractivity contribution in [1.29, 1.82) is 0 Å². The molecule has 104 valence electrons. The summed E-state index contributed by atoms with van der Waals surface area (Å²) in [7, 11) is 0. The molecule has 6 heteroatoms. The number of hydrogen-bond acceptors (Lipinski definition) is 3. The van der Waals surface area contributed by atoms with E-state index < -0.39 is 5.82 Å². The van der Waals surface area contributed by atoms with Crippen molar-refractivity contribution in [3.8, 4) is 5.69 Å². The van der Waals surface area contributed by atoms with Crippen molar-refractivity contribution < 1.29 is 13.9 Å². The Balaban J connectivity index is 2.01. The molecule has 0 spiro atoms. The van der Waals surface area contributed by atoms with E-state index in [2.05, 4.69) is 5.10 Å². The van der Waals surface area contributed by atoms with Gasteiger partial charge in [-0.1, -0.05) is 11.6 Å². The molecule has 1 atom stereocenters. The van der Waals surface area contributed by atoms with Crippen LogP contribution in [0, 0.1) is 5.82 Å². The van der Waals surface area contributed by atoms with Gasteiger partial charge in [-0.2, -0.15) is 5.10 Å². The first kappa shape index (κ1) is 13.3. The van der Waals surface area contributed by atoms with Crippen LogP contribution in [0.2, 0.25) is 5.02 Å². The molecule has 1 aromatic heterocycles. The van der Waals surface area contributed by atoms with Crippen LogP contribution in [0.1, 0.15) is 35.0 Å². The number of halogens is 2. The molecule has 0 bridgehead atoms. The van der Waals surface area contributed by atoms with E-state index in [4.69, 9.17) is 16.3 Å². The smallest absolute Gasteiger partial charge is 0.153 e. The Morgan fingerprint density at radius 1 is 1.50 bits per heavy atom. The molecule has 0 N–H and O–H groups in total. The molecule has 20 heavy (non-hydrogen) atoms. The van der Waals surface area contributed by atoms with E-state index in [1.54, 1.807) is 12.3 Å². The Morgan fingerprint density at radius 3 is 3.00 bits per heavy atom. The second kappa shape index (κ2) is 5.34. The van der Waals surface area contributed by atoms with E-state index in [1.165, 1.54) is 16.8 Å². The summed E-state index contributed by atoms with van der Waals surface area (Å²) < 4.78 is 20.5. The van der Waals surface area contributed by atoms with Crippen LogP contribution in [-0.2, 0) is 4.74 Å². The van der Waals surface area contributed by atoms with Crippen molar-refractivity contribution in [2.45, 2.75) is 18.9 Å². The molecule has 2 aromatic rings. The van der Waals surface area contributed by atoms with Gasteiger partial charge in [0.2, 0.25) is 0 Å². The van der Waals surface area contributed by atoms with Crippen molar-refractivity contribution in [1.82, 2.24) is 9.78 Å². The third-order valence-electron chi connectivity index (χ3n) is 3.30. The van der Waals surface area contributed by atoms with Crippen LogP contribution in [0.3, 0.4) is 0 Å². The molecule has 0 aliphatic carbocycles. The maximum atomic E-state index is 13.5. The lowest BCUT2D eigenvalue weighted by Gasteiger charge is -2.06. The fraction of sp³-hybridized carbons (Fsp3) is 0.286. The number of aromatic nitrogens is 2. The van der Waals surface area contributed by atoms with E-state index in [0.29, 0.717) is 23.6 Å². The SMILES string of the molecule is O=Cc1cn(-c2ccc(Cl)c(F)c2)nc1C1CCCO1. The van der Waals surface area contributed by atoms with E-state index in [1.807, 2.05) is 0 Å². The van der Waals surface area contributed by atoms with Crippen LogP contribution in [0.5, 0.6) is 0 Å². The molecular weight excluding hydrogens is 283 g/mol. The molecule has 1 aliphatic heterocycles. The van der Waals surface area contributed by atoms with E-state index in [9.17, 15) is 9.18 Å². The molecule has 0 saturated carbocycles. The average molecular weight is 295 g/mol. The minimum absolute atomic E-state index is 0.0517. The van der Waals surface area contributed by atoms with E-state index in [-0.39, 0.29) is 11.1 Å². The number of nitrogens with zero attached hydrogens (tertiary/aromatic N) is 2. The van der Waals surface area contributed by atoms with E-state index >= 15 is 0 Å². The Labute approximate surface area is 120 Å². The number of benzene rings is 1. The number of aldehydes is 1. The highest BCUT2D eigenvalue weighted by Crippen LogP contribution is 2.30. The van der Waals surface area contributed by atoms with Gasteiger partial charge in [-0.15, -0.1) is 0 Å². The van der Waals surface area contributed by atoms with Gasteiger partial charge < -0.3 is 4.74 Å². The van der Waals surface area contributed by atoms with Gasteiger partial charge in [0.15, 0.2) is 6.29 Å². The predicted molar refractivity (Wildman–Crippen MR) is 71.8 cm³/mol. The van der Waals surface area contributed by atoms with Crippen molar-refractivity contribution in [2.24, 2.45) is 0 Å². The summed E-state index contributed by atoms with van der Waals surface area (Å²) in [5, 5.41) is 4.41. The fourth-order valence-corrected chi connectivity index (χ4v) is 2.41. The number of carbonyl (C=O) groups is 1. The zero-order valence-electron chi connectivity index (χ0n) is 10.6. The van der Waals surface area contributed by atoms with Crippen LogP contribution in [-0.4, -0.2) is 22.7 Å². The van der Waals surface area contributed by atoms with Crippen molar-refractivity contribution >= 4 is 17.9 Å². The molecule has 1 aromatic carbocycles. The summed E-state index contributed by atoms with van der Waals surface area (Å²) in [6, 6.07) is 4.38. The van der Waals surface area contributed by atoms with Crippen LogP contribution in [0.4, 0.5) is 4.39 Å². The lowest BCUT2D eigenvalue weighted by Crippen LogP contribution is -2.02. The van der Waals surface area contributed by atoms with E-state index in [0.717, 1.165) is 19.1 Å². The molecule has 3 rings (SSSR count). The third-order valence-corrected chi connectivity index (χ3v) is 3.61. The average Bonchev–Trinajstić information content (AvgIpc) is 3.09. The van der Waals surface area contributed by atoms with Crippen molar-refractivity contribution in [3.05, 3.63) is 46.5 Å². The Kier molecular flexibility index (Phi) is 3.54. The standard InChI is InChI=1S/C14H12ClFN2O2/c15-11-4-3-10(6-12(11)16)18-7-9(8-19)14(17-18)13-2-1-5-20-13/h3-4,6-8,13H,1-2,5H2. The number of hydrogen-bond donors (Lipinski definition) is 0. The summed E-state index contributed by atoms with van der Waals surface area (Å²) in [4.78, 5) is 11.1. The lowest BCUT2D eigenvalue weighted by molar-refractivity contribution is 0.104. The Morgan fingerprint density at radius 2 is 2.35 bits per heavy atom. The summed E-state index contributed by atoms with van der Waals surface area (Å²) in [6.45, 7) is 0.672. The monoisotopic (exact) mass is 294 g/mol. The van der Waals surface area contributed by atoms with Crippen LogP contribution in [0.25, 0.3) is 5.69 Å². The molecule has 0 amide bonds. The minimum atomic E-state index is -0.522. The van der Waals surface area contributed by atoms with Gasteiger partial charge in [-0.25, -0.2) is 9.07 Å². The first-order valence-corrected chi connectivity index (χ1v) is 6.68. The highest BCUT2D eigenvalue weighted by molar-refractivity contribution is 6.30. The predicted octanol–water partition coefficient (Wildman–Crippen LogP) is 3.33. The lowest BCUT2D eigenvalue weighted by atomic mass is 10.1. The molecule has 0 radical (unpaired) electrons. The molecule has 2 heterocycles. The largest absolute Gasteiger partial charge is 0.372 e. The van der Waals surface area contributed by atoms with Gasteiger partial charge in [-0.05, 0) is 25.0 Å². The Bertz CT molecular complexity index is 651. The second-order valence-corrected chi connectivity index (χ2v) is 5.04. The molecule has 1 fully saturated rings. The van der Waals surface area contributed by atoms with Gasteiger partial charge in [0.05, 0.1) is 16.3 Å². The number of carbonyl (C=O) groups excluding carboxylic acids is 1. The maximum Gasteiger partial charge on any atom is 0.153 e. The van der Waals surface area contributed by atoms with Gasteiger partial charge in [0.25, 0.3) is 0 Å². The third kappa shape index (κ3) is 2.34. The van der Waals surface area contributed by atoms with Crippen LogP contribution >= 0.6 is 11.6 Å². The summed E-state index contributed by atoms with van der Waals surface area (Å²) >= 11 is 5.65. The molecule has 4 nitrogen and oxygen atoms in total. The second-order valence-electron chi connectivity index (χ2n) is 4.63. The first-order valence-electron chi connectivity index (χ1n) is 6.31. The van der Waals surface area contributed by atoms with Crippen LogP contribution < -0.4 is 0 Å². The zero-order chi connectivity index (χ0) is 14.1. The normalized spacial score (nSPS) is 18.4. The highest BCUT2D eigenvalue weighted by Gasteiger charge is 2.24. The molecule has 1 unspecified atom stereocenters. The van der Waals surface area contributed by atoms with Crippen molar-refractivity contribution in [2.75, 3.05) is 6.61 Å². The minimum Gasteiger partial charge on any atom is -0.372 e. The number of rotatable bonds is 3. The van der Waals surface area contributed by atoms with Crippen molar-refractivity contribution in [3.63, 3.8) is 0 Å². The quantitative estimate of drug-likeness (QED) is 0.816. The molecular formula is C14H12ClFN2O2. The fourth-order valence-electron chi connectivity index (χ4n) is 2.29. The highest BCUT2D eigenvalue weighted by atomic mass is 35.5. The van der Waals surface area contributed by atoms with Crippen LogP contribution in [0.15, 0.2) is 24.4 Å².